The largest absolute Gasteiger partial charge is 0.497 e. The van der Waals surface area contributed by atoms with Gasteiger partial charge in [-0.2, -0.15) is 0 Å². The van der Waals surface area contributed by atoms with Crippen LogP contribution in [-0.4, -0.2) is 33.7 Å². The molecule has 0 aliphatic rings. The van der Waals surface area contributed by atoms with E-state index in [0.717, 1.165) is 0 Å². The standard InChI is InChI=1S/C24H20FN5O3/c1-15-26-22(29-30(15)18-12-10-16(25)11-13-18)24(32)28-21-9-4-3-8-20(21)23(31)27-17-6-5-7-19(14-17)33-2/h3-14H,1-2H3,(H,27,31)(H,28,32). The van der Waals surface area contributed by atoms with Gasteiger partial charge in [-0.15, -0.1) is 5.10 Å². The number of aromatic nitrogens is 3. The molecule has 2 amide bonds. The first-order valence-corrected chi connectivity index (χ1v) is 10.00. The van der Waals surface area contributed by atoms with Gasteiger partial charge in [-0.05, 0) is 55.5 Å². The molecule has 2 N–H and O–H groups in total. The molecule has 0 radical (unpaired) electrons. The number of ether oxygens (including phenoxy) is 1. The third-order valence-corrected chi connectivity index (χ3v) is 4.79. The van der Waals surface area contributed by atoms with Crippen LogP contribution < -0.4 is 15.4 Å². The van der Waals surface area contributed by atoms with Crippen LogP contribution in [0.15, 0.2) is 72.8 Å². The van der Waals surface area contributed by atoms with Crippen molar-refractivity contribution in [2.75, 3.05) is 17.7 Å². The van der Waals surface area contributed by atoms with Crippen molar-refractivity contribution in [3.63, 3.8) is 0 Å². The normalized spacial score (nSPS) is 10.5. The van der Waals surface area contributed by atoms with Crippen molar-refractivity contribution >= 4 is 23.2 Å². The van der Waals surface area contributed by atoms with Crippen LogP contribution in [0.25, 0.3) is 5.69 Å². The molecule has 3 aromatic carbocycles. The molecule has 33 heavy (non-hydrogen) atoms. The summed E-state index contributed by atoms with van der Waals surface area (Å²) in [5.74, 6) is -0.387. The van der Waals surface area contributed by atoms with E-state index in [1.54, 1.807) is 62.6 Å². The van der Waals surface area contributed by atoms with Gasteiger partial charge in [0.25, 0.3) is 11.8 Å². The number of carbonyl (C=O) groups is 2. The molecule has 0 unspecified atom stereocenters. The number of aryl methyl sites for hydroxylation is 1. The van der Waals surface area contributed by atoms with Crippen molar-refractivity contribution in [2.24, 2.45) is 0 Å². The number of methoxy groups -OCH3 is 1. The Labute approximate surface area is 189 Å². The zero-order valence-corrected chi connectivity index (χ0v) is 17.9. The first-order chi connectivity index (χ1) is 15.9. The van der Waals surface area contributed by atoms with E-state index in [2.05, 4.69) is 20.7 Å². The highest BCUT2D eigenvalue weighted by atomic mass is 19.1. The molecule has 0 aliphatic heterocycles. The molecule has 0 atom stereocenters. The molecular weight excluding hydrogens is 425 g/mol. The molecule has 1 aromatic heterocycles. The Balaban J connectivity index is 1.54. The average molecular weight is 445 g/mol. The molecule has 4 aromatic rings. The maximum absolute atomic E-state index is 13.2. The lowest BCUT2D eigenvalue weighted by Crippen LogP contribution is -2.19. The summed E-state index contributed by atoms with van der Waals surface area (Å²) in [5, 5.41) is 9.71. The van der Waals surface area contributed by atoms with Gasteiger partial charge in [0, 0.05) is 11.8 Å². The summed E-state index contributed by atoms with van der Waals surface area (Å²) in [6.45, 7) is 1.68. The van der Waals surface area contributed by atoms with E-state index in [-0.39, 0.29) is 17.2 Å². The number of nitrogens with one attached hydrogen (secondary N) is 2. The third kappa shape index (κ3) is 4.87. The number of anilines is 2. The van der Waals surface area contributed by atoms with Crippen LogP contribution in [0.3, 0.4) is 0 Å². The minimum absolute atomic E-state index is 0.0835. The second-order valence-corrected chi connectivity index (χ2v) is 7.06. The van der Waals surface area contributed by atoms with Crippen molar-refractivity contribution in [3.8, 4) is 11.4 Å². The monoisotopic (exact) mass is 445 g/mol. The minimum atomic E-state index is -0.583. The molecule has 0 saturated heterocycles. The minimum Gasteiger partial charge on any atom is -0.497 e. The van der Waals surface area contributed by atoms with E-state index >= 15 is 0 Å². The lowest BCUT2D eigenvalue weighted by Gasteiger charge is -2.11. The Morgan fingerprint density at radius 3 is 2.45 bits per heavy atom. The van der Waals surface area contributed by atoms with Gasteiger partial charge in [0.15, 0.2) is 0 Å². The number of nitrogens with zero attached hydrogens (tertiary/aromatic N) is 3. The summed E-state index contributed by atoms with van der Waals surface area (Å²) in [6.07, 6.45) is 0. The second-order valence-electron chi connectivity index (χ2n) is 7.06. The number of rotatable bonds is 6. The van der Waals surface area contributed by atoms with Crippen molar-refractivity contribution in [1.82, 2.24) is 14.8 Å². The number of amides is 2. The molecule has 0 saturated carbocycles. The lowest BCUT2D eigenvalue weighted by molar-refractivity contribution is 0.101. The molecule has 0 fully saturated rings. The van der Waals surface area contributed by atoms with Crippen molar-refractivity contribution in [1.29, 1.82) is 0 Å². The number of halogens is 1. The van der Waals surface area contributed by atoms with E-state index in [1.807, 2.05) is 0 Å². The smallest absolute Gasteiger partial charge is 0.295 e. The highest BCUT2D eigenvalue weighted by Crippen LogP contribution is 2.21. The molecule has 0 aliphatic carbocycles. The van der Waals surface area contributed by atoms with Crippen LogP contribution in [0.2, 0.25) is 0 Å². The first kappa shape index (κ1) is 21.7. The van der Waals surface area contributed by atoms with Crippen LogP contribution >= 0.6 is 0 Å². The predicted molar refractivity (Wildman–Crippen MR) is 121 cm³/mol. The van der Waals surface area contributed by atoms with Gasteiger partial charge in [-0.1, -0.05) is 18.2 Å². The maximum atomic E-state index is 13.2. The summed E-state index contributed by atoms with van der Waals surface area (Å²) in [5.41, 5.74) is 1.69. The number of hydrogen-bond acceptors (Lipinski definition) is 5. The number of carbonyl (C=O) groups excluding carboxylic acids is 2. The van der Waals surface area contributed by atoms with Crippen LogP contribution in [0.1, 0.15) is 26.8 Å². The Morgan fingerprint density at radius 2 is 1.70 bits per heavy atom. The zero-order valence-electron chi connectivity index (χ0n) is 17.9. The average Bonchev–Trinajstić information content (AvgIpc) is 3.21. The Kier molecular flexibility index (Phi) is 6.12. The summed E-state index contributed by atoms with van der Waals surface area (Å²) in [7, 11) is 1.54. The Hall–Kier alpha value is -4.53. The van der Waals surface area contributed by atoms with Gasteiger partial charge >= 0.3 is 0 Å². The van der Waals surface area contributed by atoms with E-state index in [1.165, 1.54) is 28.9 Å². The van der Waals surface area contributed by atoms with Gasteiger partial charge in [0.05, 0.1) is 24.0 Å². The van der Waals surface area contributed by atoms with Gasteiger partial charge in [-0.25, -0.2) is 14.1 Å². The molecule has 4 rings (SSSR count). The van der Waals surface area contributed by atoms with Crippen molar-refractivity contribution in [3.05, 3.63) is 95.8 Å². The van der Waals surface area contributed by atoms with E-state index in [0.29, 0.717) is 28.6 Å². The highest BCUT2D eigenvalue weighted by Gasteiger charge is 2.19. The van der Waals surface area contributed by atoms with Crippen LogP contribution in [0, 0.1) is 12.7 Å². The molecule has 9 heteroatoms. The zero-order chi connectivity index (χ0) is 23.4. The molecule has 8 nitrogen and oxygen atoms in total. The van der Waals surface area contributed by atoms with E-state index < -0.39 is 11.8 Å². The fraction of sp³-hybridized carbons (Fsp3) is 0.0833. The highest BCUT2D eigenvalue weighted by molar-refractivity contribution is 6.11. The SMILES string of the molecule is COc1cccc(NC(=O)c2ccccc2NC(=O)c2nc(C)n(-c3ccc(F)cc3)n2)c1. The first-order valence-electron chi connectivity index (χ1n) is 10.00. The number of hydrogen-bond donors (Lipinski definition) is 2. The lowest BCUT2D eigenvalue weighted by atomic mass is 10.1. The third-order valence-electron chi connectivity index (χ3n) is 4.79. The fourth-order valence-electron chi connectivity index (χ4n) is 3.18. The number of para-hydroxylation sites is 1. The van der Waals surface area contributed by atoms with Crippen molar-refractivity contribution in [2.45, 2.75) is 6.92 Å². The molecule has 1 heterocycles. The summed E-state index contributed by atoms with van der Waals surface area (Å²) < 4.78 is 19.8. The topological polar surface area (TPSA) is 98.1 Å². The summed E-state index contributed by atoms with van der Waals surface area (Å²) >= 11 is 0. The van der Waals surface area contributed by atoms with E-state index in [4.69, 9.17) is 4.74 Å². The van der Waals surface area contributed by atoms with Gasteiger partial charge in [0.2, 0.25) is 5.82 Å². The van der Waals surface area contributed by atoms with Gasteiger partial charge < -0.3 is 15.4 Å². The Morgan fingerprint density at radius 1 is 0.939 bits per heavy atom. The summed E-state index contributed by atoms with van der Waals surface area (Å²) in [4.78, 5) is 29.9. The number of benzene rings is 3. The van der Waals surface area contributed by atoms with Gasteiger partial charge in [0.1, 0.15) is 17.4 Å². The van der Waals surface area contributed by atoms with Crippen LogP contribution in [0.5, 0.6) is 5.75 Å². The van der Waals surface area contributed by atoms with Gasteiger partial charge in [-0.3, -0.25) is 9.59 Å². The Bertz CT molecular complexity index is 1320. The molecule has 0 spiro atoms. The maximum Gasteiger partial charge on any atom is 0.295 e. The second kappa shape index (κ2) is 9.31. The molecule has 166 valence electrons. The van der Waals surface area contributed by atoms with Crippen molar-refractivity contribution < 1.29 is 18.7 Å². The molecule has 0 bridgehead atoms. The predicted octanol–water partition coefficient (Wildman–Crippen LogP) is 4.23. The van der Waals surface area contributed by atoms with Crippen LogP contribution in [-0.2, 0) is 0 Å². The summed E-state index contributed by atoms with van der Waals surface area (Å²) in [6, 6.07) is 19.2. The van der Waals surface area contributed by atoms with Crippen LogP contribution in [0.4, 0.5) is 15.8 Å². The molecular formula is C24H20FN5O3. The quantitative estimate of drug-likeness (QED) is 0.463. The van der Waals surface area contributed by atoms with E-state index in [9.17, 15) is 14.0 Å². The fourth-order valence-corrected chi connectivity index (χ4v) is 3.18.